The van der Waals surface area contributed by atoms with Crippen LogP contribution in [0.4, 0.5) is 0 Å². The zero-order chi connectivity index (χ0) is 18.4. The Morgan fingerprint density at radius 2 is 2.04 bits per heavy atom. The zero-order valence-electron chi connectivity index (χ0n) is 15.7. The Morgan fingerprint density at radius 3 is 2.73 bits per heavy atom. The van der Waals surface area contributed by atoms with E-state index in [-0.39, 0.29) is 12.0 Å². The number of ether oxygens (including phenoxy) is 1. The first-order chi connectivity index (χ1) is 12.6. The SMILES string of the molecule is Cc1ccc(OC2CCN(CC(=O)NCCc3cccs3)CC2)cc1C. The summed E-state index contributed by atoms with van der Waals surface area (Å²) >= 11 is 1.74. The second-order valence-corrected chi connectivity index (χ2v) is 8.05. The number of piperidine rings is 1. The first kappa shape index (κ1) is 18.9. The van der Waals surface area contributed by atoms with E-state index >= 15 is 0 Å². The van der Waals surface area contributed by atoms with Crippen molar-refractivity contribution in [3.63, 3.8) is 0 Å². The average molecular weight is 373 g/mol. The number of benzene rings is 1. The van der Waals surface area contributed by atoms with E-state index in [1.165, 1.54) is 16.0 Å². The van der Waals surface area contributed by atoms with E-state index in [0.29, 0.717) is 13.1 Å². The Balaban J connectivity index is 1.35. The molecule has 2 heterocycles. The molecule has 1 aromatic heterocycles. The van der Waals surface area contributed by atoms with Gasteiger partial charge in [-0.1, -0.05) is 12.1 Å². The second-order valence-electron chi connectivity index (χ2n) is 7.02. The number of aryl methyl sites for hydroxylation is 2. The van der Waals surface area contributed by atoms with E-state index in [9.17, 15) is 4.79 Å². The van der Waals surface area contributed by atoms with Gasteiger partial charge in [-0.05, 0) is 67.8 Å². The van der Waals surface area contributed by atoms with Gasteiger partial charge < -0.3 is 10.1 Å². The third-order valence-corrected chi connectivity index (χ3v) is 5.89. The van der Waals surface area contributed by atoms with Crippen LogP contribution < -0.4 is 10.1 Å². The summed E-state index contributed by atoms with van der Waals surface area (Å²) in [6.45, 7) is 7.25. The molecule has 1 saturated heterocycles. The summed E-state index contributed by atoms with van der Waals surface area (Å²) in [6, 6.07) is 10.4. The van der Waals surface area contributed by atoms with Crippen LogP contribution in [0.25, 0.3) is 0 Å². The Morgan fingerprint density at radius 1 is 1.23 bits per heavy atom. The Bertz CT molecular complexity index is 707. The maximum absolute atomic E-state index is 12.1. The van der Waals surface area contributed by atoms with Crippen molar-refractivity contribution in [2.24, 2.45) is 0 Å². The van der Waals surface area contributed by atoms with Gasteiger partial charge in [0.15, 0.2) is 0 Å². The number of nitrogens with one attached hydrogen (secondary N) is 1. The molecule has 2 aromatic rings. The van der Waals surface area contributed by atoms with Crippen molar-refractivity contribution in [1.82, 2.24) is 10.2 Å². The Kier molecular flexibility index (Phi) is 6.69. The van der Waals surface area contributed by atoms with Crippen LogP contribution in [0.1, 0.15) is 28.8 Å². The predicted octanol–water partition coefficient (Wildman–Crippen LogP) is 3.57. The number of hydrogen-bond acceptors (Lipinski definition) is 4. The molecule has 3 rings (SSSR count). The van der Waals surface area contributed by atoms with E-state index in [2.05, 4.69) is 53.7 Å². The normalized spacial score (nSPS) is 15.8. The molecule has 5 heteroatoms. The summed E-state index contributed by atoms with van der Waals surface area (Å²) < 4.78 is 6.12. The minimum Gasteiger partial charge on any atom is -0.490 e. The van der Waals surface area contributed by atoms with Crippen LogP contribution >= 0.6 is 11.3 Å². The maximum Gasteiger partial charge on any atom is 0.234 e. The molecule has 4 nitrogen and oxygen atoms in total. The Hall–Kier alpha value is -1.85. The Labute approximate surface area is 160 Å². The van der Waals surface area contributed by atoms with Crippen molar-refractivity contribution >= 4 is 17.2 Å². The molecule has 1 N–H and O–H groups in total. The van der Waals surface area contributed by atoms with Crippen molar-refractivity contribution in [3.05, 3.63) is 51.7 Å². The van der Waals surface area contributed by atoms with Gasteiger partial charge in [0, 0.05) is 24.5 Å². The molecule has 1 aromatic carbocycles. The van der Waals surface area contributed by atoms with Crippen LogP contribution in [0.15, 0.2) is 35.7 Å². The predicted molar refractivity (Wildman–Crippen MR) is 107 cm³/mol. The quantitative estimate of drug-likeness (QED) is 0.808. The lowest BCUT2D eigenvalue weighted by molar-refractivity contribution is -0.122. The number of carbonyl (C=O) groups is 1. The summed E-state index contributed by atoms with van der Waals surface area (Å²) in [7, 11) is 0. The summed E-state index contributed by atoms with van der Waals surface area (Å²) in [5, 5.41) is 5.10. The van der Waals surface area contributed by atoms with Gasteiger partial charge in [0.25, 0.3) is 0 Å². The highest BCUT2D eigenvalue weighted by atomic mass is 32.1. The second kappa shape index (κ2) is 9.19. The average Bonchev–Trinajstić information content (AvgIpc) is 3.13. The topological polar surface area (TPSA) is 41.6 Å². The van der Waals surface area contributed by atoms with Gasteiger partial charge in [-0.15, -0.1) is 11.3 Å². The van der Waals surface area contributed by atoms with Crippen molar-refractivity contribution in [2.45, 2.75) is 39.2 Å². The lowest BCUT2D eigenvalue weighted by Crippen LogP contribution is -2.44. The van der Waals surface area contributed by atoms with Crippen LogP contribution in [0.2, 0.25) is 0 Å². The third kappa shape index (κ3) is 5.58. The molecular formula is C21H28N2O2S. The van der Waals surface area contributed by atoms with E-state index in [0.717, 1.165) is 38.1 Å². The number of thiophene rings is 1. The highest BCUT2D eigenvalue weighted by molar-refractivity contribution is 7.09. The van der Waals surface area contributed by atoms with Crippen molar-refractivity contribution in [1.29, 1.82) is 0 Å². The summed E-state index contributed by atoms with van der Waals surface area (Å²) in [5.41, 5.74) is 2.55. The number of carbonyl (C=O) groups excluding carboxylic acids is 1. The summed E-state index contributed by atoms with van der Waals surface area (Å²) in [5.74, 6) is 1.08. The van der Waals surface area contributed by atoms with Crippen molar-refractivity contribution < 1.29 is 9.53 Å². The molecule has 140 valence electrons. The van der Waals surface area contributed by atoms with E-state index < -0.39 is 0 Å². The molecule has 0 saturated carbocycles. The molecule has 1 aliphatic rings. The zero-order valence-corrected chi connectivity index (χ0v) is 16.5. The minimum absolute atomic E-state index is 0.120. The number of likely N-dealkylation sites (tertiary alicyclic amines) is 1. The first-order valence-electron chi connectivity index (χ1n) is 9.35. The molecule has 0 spiro atoms. The lowest BCUT2D eigenvalue weighted by Gasteiger charge is -2.31. The number of rotatable bonds is 7. The molecule has 0 bridgehead atoms. The molecule has 1 fully saturated rings. The summed E-state index contributed by atoms with van der Waals surface area (Å²) in [6.07, 6.45) is 3.09. The largest absolute Gasteiger partial charge is 0.490 e. The van der Waals surface area contributed by atoms with Crippen LogP contribution in [0.5, 0.6) is 5.75 Å². The molecule has 0 radical (unpaired) electrons. The van der Waals surface area contributed by atoms with E-state index in [1.807, 2.05) is 6.07 Å². The number of nitrogens with zero attached hydrogens (tertiary/aromatic N) is 1. The van der Waals surface area contributed by atoms with Gasteiger partial charge in [0.1, 0.15) is 11.9 Å². The fourth-order valence-corrected chi connectivity index (χ4v) is 3.91. The lowest BCUT2D eigenvalue weighted by atomic mass is 10.1. The van der Waals surface area contributed by atoms with Crippen LogP contribution in [-0.4, -0.2) is 43.1 Å². The molecule has 0 unspecified atom stereocenters. The smallest absolute Gasteiger partial charge is 0.234 e. The highest BCUT2D eigenvalue weighted by Gasteiger charge is 2.22. The fourth-order valence-electron chi connectivity index (χ4n) is 3.20. The van der Waals surface area contributed by atoms with Gasteiger partial charge in [-0.2, -0.15) is 0 Å². The molecule has 1 aliphatic heterocycles. The van der Waals surface area contributed by atoms with Gasteiger partial charge in [0.05, 0.1) is 6.54 Å². The molecule has 0 aliphatic carbocycles. The fraction of sp³-hybridized carbons (Fsp3) is 0.476. The number of hydrogen-bond donors (Lipinski definition) is 1. The molecular weight excluding hydrogens is 344 g/mol. The molecule has 1 amide bonds. The maximum atomic E-state index is 12.1. The molecule has 0 atom stereocenters. The van der Waals surface area contributed by atoms with Gasteiger partial charge in [0.2, 0.25) is 5.91 Å². The standard InChI is InChI=1S/C21H28N2O2S/c1-16-5-6-19(14-17(16)2)25-18-8-11-23(12-9-18)15-21(24)22-10-7-20-4-3-13-26-20/h3-6,13-14,18H,7-12,15H2,1-2H3,(H,22,24). The van der Waals surface area contributed by atoms with Crippen LogP contribution in [-0.2, 0) is 11.2 Å². The van der Waals surface area contributed by atoms with Crippen molar-refractivity contribution in [3.8, 4) is 5.75 Å². The number of amides is 1. The minimum atomic E-state index is 0.120. The third-order valence-electron chi connectivity index (χ3n) is 4.96. The first-order valence-corrected chi connectivity index (χ1v) is 10.2. The van der Waals surface area contributed by atoms with Crippen LogP contribution in [0, 0.1) is 13.8 Å². The van der Waals surface area contributed by atoms with Crippen molar-refractivity contribution in [2.75, 3.05) is 26.2 Å². The van der Waals surface area contributed by atoms with Gasteiger partial charge in [-0.25, -0.2) is 0 Å². The van der Waals surface area contributed by atoms with Crippen LogP contribution in [0.3, 0.4) is 0 Å². The summed E-state index contributed by atoms with van der Waals surface area (Å²) in [4.78, 5) is 15.6. The molecule has 26 heavy (non-hydrogen) atoms. The van der Waals surface area contributed by atoms with Gasteiger partial charge >= 0.3 is 0 Å². The highest BCUT2D eigenvalue weighted by Crippen LogP contribution is 2.21. The van der Waals surface area contributed by atoms with Gasteiger partial charge in [-0.3, -0.25) is 9.69 Å². The monoisotopic (exact) mass is 372 g/mol. The van der Waals surface area contributed by atoms with E-state index in [4.69, 9.17) is 4.74 Å². The van der Waals surface area contributed by atoms with E-state index in [1.54, 1.807) is 11.3 Å².